The highest BCUT2D eigenvalue weighted by atomic mass is 32.2. The molecule has 1 atom stereocenters. The van der Waals surface area contributed by atoms with Gasteiger partial charge in [0.25, 0.3) is 5.91 Å². The molecule has 1 aliphatic heterocycles. The third-order valence-corrected chi connectivity index (χ3v) is 6.12. The number of anilines is 1. The number of rotatable bonds is 9. The average molecular weight is 478 g/mol. The second-order valence-electron chi connectivity index (χ2n) is 6.98. The fraction of sp³-hybridized carbons (Fsp3) is 0.286. The Labute approximate surface area is 190 Å². The smallest absolute Gasteiger partial charge is 0.324 e. The van der Waals surface area contributed by atoms with Crippen molar-refractivity contribution < 1.29 is 41.7 Å². The molecule has 0 aromatic heterocycles. The molecule has 0 bridgehead atoms. The zero-order valence-corrected chi connectivity index (χ0v) is 18.9. The average Bonchev–Trinajstić information content (AvgIpc) is 3.24. The van der Waals surface area contributed by atoms with E-state index in [2.05, 4.69) is 10.0 Å². The van der Waals surface area contributed by atoms with E-state index in [9.17, 15) is 22.8 Å². The Balaban J connectivity index is 1.58. The van der Waals surface area contributed by atoms with Gasteiger partial charge in [-0.25, -0.2) is 8.42 Å². The maximum Gasteiger partial charge on any atom is 0.324 e. The molecule has 11 nitrogen and oxygen atoms in total. The molecule has 0 fully saturated rings. The largest absolute Gasteiger partial charge is 0.497 e. The number of Topliss-reactive ketones (excluding diaryl/α,β-unsaturated/α-hetero) is 1. The van der Waals surface area contributed by atoms with E-state index in [1.165, 1.54) is 57.4 Å². The molecule has 0 radical (unpaired) electrons. The molecule has 176 valence electrons. The van der Waals surface area contributed by atoms with Crippen LogP contribution in [0.5, 0.6) is 17.2 Å². The van der Waals surface area contributed by atoms with E-state index in [0.717, 1.165) is 0 Å². The third-order valence-electron chi connectivity index (χ3n) is 4.57. The molecule has 1 aliphatic rings. The lowest BCUT2D eigenvalue weighted by atomic mass is 10.1. The summed E-state index contributed by atoms with van der Waals surface area (Å²) in [5.74, 6) is -0.795. The second kappa shape index (κ2) is 9.88. The van der Waals surface area contributed by atoms with Crippen molar-refractivity contribution >= 4 is 33.4 Å². The predicted octanol–water partition coefficient (Wildman–Crippen LogP) is 1.48. The first-order chi connectivity index (χ1) is 15.6. The van der Waals surface area contributed by atoms with Crippen LogP contribution in [0, 0.1) is 0 Å². The Morgan fingerprint density at radius 2 is 1.73 bits per heavy atom. The minimum absolute atomic E-state index is 0.00792. The maximum atomic E-state index is 12.4. The van der Waals surface area contributed by atoms with Gasteiger partial charge in [-0.15, -0.1) is 0 Å². The molecule has 2 N–H and O–H groups in total. The highest BCUT2D eigenvalue weighted by Gasteiger charge is 2.25. The number of methoxy groups -OCH3 is 1. The molecular weight excluding hydrogens is 456 g/mol. The van der Waals surface area contributed by atoms with Gasteiger partial charge in [-0.1, -0.05) is 0 Å². The summed E-state index contributed by atoms with van der Waals surface area (Å²) in [7, 11) is -2.56. The van der Waals surface area contributed by atoms with Gasteiger partial charge >= 0.3 is 5.97 Å². The maximum absolute atomic E-state index is 12.4. The Hall–Kier alpha value is -3.64. The standard InChI is InChI=1S/C21H22N2O9S/c1-12(23-33(27,28)15-6-4-14(29-3)5-7-15)21(26)30-10-20(25)22-17-9-19-18(31-11-32-19)8-16(17)13(2)24/h4-9,12,23H,10-11H2,1-3H3,(H,22,25). The number of carbonyl (C=O) groups excluding carboxylic acids is 3. The van der Waals surface area contributed by atoms with Crippen LogP contribution in [-0.2, 0) is 24.3 Å². The van der Waals surface area contributed by atoms with E-state index in [-0.39, 0.29) is 28.7 Å². The number of ketones is 1. The van der Waals surface area contributed by atoms with Crippen LogP contribution >= 0.6 is 0 Å². The second-order valence-corrected chi connectivity index (χ2v) is 8.70. The van der Waals surface area contributed by atoms with Crippen LogP contribution in [0.4, 0.5) is 5.69 Å². The molecule has 12 heteroatoms. The van der Waals surface area contributed by atoms with Gasteiger partial charge in [0.15, 0.2) is 23.9 Å². The fourth-order valence-electron chi connectivity index (χ4n) is 2.89. The van der Waals surface area contributed by atoms with Crippen LogP contribution < -0.4 is 24.2 Å². The van der Waals surface area contributed by atoms with Crippen molar-refractivity contribution in [2.45, 2.75) is 24.8 Å². The van der Waals surface area contributed by atoms with Crippen molar-refractivity contribution in [2.24, 2.45) is 0 Å². The monoisotopic (exact) mass is 478 g/mol. The van der Waals surface area contributed by atoms with Crippen LogP contribution in [0.2, 0.25) is 0 Å². The van der Waals surface area contributed by atoms with Crippen LogP contribution in [0.15, 0.2) is 41.3 Å². The highest BCUT2D eigenvalue weighted by Crippen LogP contribution is 2.37. The molecule has 1 unspecified atom stereocenters. The summed E-state index contributed by atoms with van der Waals surface area (Å²) in [6.07, 6.45) is 0. The number of sulfonamides is 1. The van der Waals surface area contributed by atoms with Crippen molar-refractivity contribution in [3.63, 3.8) is 0 Å². The summed E-state index contributed by atoms with van der Waals surface area (Å²) in [6.45, 7) is 1.90. The van der Waals surface area contributed by atoms with E-state index in [1.54, 1.807) is 0 Å². The number of hydrogen-bond acceptors (Lipinski definition) is 9. The normalized spacial score (nSPS) is 13.2. The molecule has 0 saturated heterocycles. The first-order valence-corrected chi connectivity index (χ1v) is 11.2. The van der Waals surface area contributed by atoms with Crippen molar-refractivity contribution in [3.05, 3.63) is 42.0 Å². The summed E-state index contributed by atoms with van der Waals surface area (Å²) in [4.78, 5) is 36.3. The SMILES string of the molecule is COc1ccc(S(=O)(=O)NC(C)C(=O)OCC(=O)Nc2cc3c(cc2C(C)=O)OCO3)cc1. The van der Waals surface area contributed by atoms with Crippen LogP contribution in [0.25, 0.3) is 0 Å². The van der Waals surface area contributed by atoms with Gasteiger partial charge in [-0.3, -0.25) is 14.4 Å². The lowest BCUT2D eigenvalue weighted by Gasteiger charge is -2.14. The van der Waals surface area contributed by atoms with E-state index in [0.29, 0.717) is 17.2 Å². The Bertz CT molecular complexity index is 1180. The van der Waals surface area contributed by atoms with Crippen LogP contribution in [-0.4, -0.2) is 52.6 Å². The van der Waals surface area contributed by atoms with E-state index in [4.69, 9.17) is 18.9 Å². The van der Waals surface area contributed by atoms with Gasteiger partial charge in [-0.05, 0) is 44.2 Å². The molecule has 1 amide bonds. The first-order valence-electron chi connectivity index (χ1n) is 9.68. The number of benzene rings is 2. The molecule has 0 saturated carbocycles. The fourth-order valence-corrected chi connectivity index (χ4v) is 4.08. The Kier molecular flexibility index (Phi) is 7.19. The molecule has 0 aliphatic carbocycles. The Morgan fingerprint density at radius 3 is 2.33 bits per heavy atom. The summed E-state index contributed by atoms with van der Waals surface area (Å²) >= 11 is 0. The lowest BCUT2D eigenvalue weighted by Crippen LogP contribution is -2.40. The van der Waals surface area contributed by atoms with Gasteiger partial charge < -0.3 is 24.3 Å². The van der Waals surface area contributed by atoms with Crippen LogP contribution in [0.3, 0.4) is 0 Å². The number of hydrogen-bond donors (Lipinski definition) is 2. The number of carbonyl (C=O) groups is 3. The number of esters is 1. The van der Waals surface area contributed by atoms with Crippen LogP contribution in [0.1, 0.15) is 24.2 Å². The summed E-state index contributed by atoms with van der Waals surface area (Å²) < 4.78 is 47.4. The molecular formula is C21H22N2O9S. The molecule has 2 aromatic carbocycles. The Morgan fingerprint density at radius 1 is 1.09 bits per heavy atom. The zero-order valence-electron chi connectivity index (χ0n) is 18.0. The molecule has 3 rings (SSSR count). The number of amides is 1. The first kappa shape index (κ1) is 24.0. The van der Waals surface area contributed by atoms with Crippen molar-refractivity contribution in [3.8, 4) is 17.2 Å². The van der Waals surface area contributed by atoms with Gasteiger partial charge in [0.05, 0.1) is 17.7 Å². The van der Waals surface area contributed by atoms with Gasteiger partial charge in [0.1, 0.15) is 11.8 Å². The minimum Gasteiger partial charge on any atom is -0.497 e. The topological polar surface area (TPSA) is 146 Å². The van der Waals surface area contributed by atoms with Crippen molar-refractivity contribution in [1.29, 1.82) is 0 Å². The third kappa shape index (κ3) is 5.79. The van der Waals surface area contributed by atoms with Gasteiger partial charge in [0.2, 0.25) is 16.8 Å². The van der Waals surface area contributed by atoms with Gasteiger partial charge in [-0.2, -0.15) is 4.72 Å². The molecule has 2 aromatic rings. The summed E-state index contributed by atoms with van der Waals surface area (Å²) in [5, 5.41) is 2.48. The highest BCUT2D eigenvalue weighted by molar-refractivity contribution is 7.89. The summed E-state index contributed by atoms with van der Waals surface area (Å²) in [5.41, 5.74) is 0.362. The predicted molar refractivity (Wildman–Crippen MR) is 115 cm³/mol. The molecule has 33 heavy (non-hydrogen) atoms. The van der Waals surface area contributed by atoms with E-state index < -0.39 is 34.5 Å². The minimum atomic E-state index is -4.01. The molecule has 1 heterocycles. The number of fused-ring (bicyclic) bond motifs is 1. The number of ether oxygens (including phenoxy) is 4. The van der Waals surface area contributed by atoms with Crippen molar-refractivity contribution in [1.82, 2.24) is 4.72 Å². The van der Waals surface area contributed by atoms with Crippen molar-refractivity contribution in [2.75, 3.05) is 25.8 Å². The van der Waals surface area contributed by atoms with E-state index >= 15 is 0 Å². The number of nitrogens with one attached hydrogen (secondary N) is 2. The van der Waals surface area contributed by atoms with Gasteiger partial charge in [0, 0.05) is 11.6 Å². The zero-order chi connectivity index (χ0) is 24.2. The lowest BCUT2D eigenvalue weighted by molar-refractivity contribution is -0.148. The quantitative estimate of drug-likeness (QED) is 0.404. The molecule has 0 spiro atoms. The van der Waals surface area contributed by atoms with E-state index in [1.807, 2.05) is 0 Å². The summed E-state index contributed by atoms with van der Waals surface area (Å²) in [6, 6.07) is 7.20.